The van der Waals surface area contributed by atoms with E-state index in [9.17, 15) is 4.39 Å². The van der Waals surface area contributed by atoms with Crippen molar-refractivity contribution in [3.63, 3.8) is 0 Å². The van der Waals surface area contributed by atoms with Crippen molar-refractivity contribution >= 4 is 11.6 Å². The number of aliphatic imine (C=N–C) groups is 1. The second kappa shape index (κ2) is 6.73. The van der Waals surface area contributed by atoms with Gasteiger partial charge in [0.1, 0.15) is 5.82 Å². The zero-order valence-corrected chi connectivity index (χ0v) is 10.3. The van der Waals surface area contributed by atoms with Crippen LogP contribution in [-0.2, 0) is 0 Å². The average Bonchev–Trinajstić information content (AvgIpc) is 2.28. The van der Waals surface area contributed by atoms with E-state index in [4.69, 9.17) is 5.73 Å². The summed E-state index contributed by atoms with van der Waals surface area (Å²) in [6.45, 7) is 1.40. The highest BCUT2D eigenvalue weighted by Gasteiger charge is 1.95. The average molecular weight is 238 g/mol. The number of anilines is 1. The van der Waals surface area contributed by atoms with E-state index in [-0.39, 0.29) is 5.82 Å². The molecular formula is C12H19FN4. The van der Waals surface area contributed by atoms with Gasteiger partial charge >= 0.3 is 0 Å². The van der Waals surface area contributed by atoms with Crippen LogP contribution >= 0.6 is 0 Å². The van der Waals surface area contributed by atoms with Crippen LogP contribution in [0, 0.1) is 5.82 Å². The summed E-state index contributed by atoms with van der Waals surface area (Å²) < 4.78 is 12.9. The Bertz CT molecular complexity index is 377. The van der Waals surface area contributed by atoms with Gasteiger partial charge in [-0.2, -0.15) is 0 Å². The fraction of sp³-hybridized carbons (Fsp3) is 0.417. The first-order valence-corrected chi connectivity index (χ1v) is 5.56. The Morgan fingerprint density at radius 2 is 2.24 bits per heavy atom. The van der Waals surface area contributed by atoms with Gasteiger partial charge in [0.15, 0.2) is 5.96 Å². The van der Waals surface area contributed by atoms with E-state index in [0.29, 0.717) is 12.5 Å². The van der Waals surface area contributed by atoms with Crippen LogP contribution in [-0.4, -0.2) is 38.0 Å². The maximum Gasteiger partial charge on any atom is 0.190 e. The van der Waals surface area contributed by atoms with Gasteiger partial charge in [-0.25, -0.2) is 4.39 Å². The molecule has 1 aromatic carbocycles. The molecule has 94 valence electrons. The lowest BCUT2D eigenvalue weighted by atomic mass is 10.3. The molecule has 0 radical (unpaired) electrons. The third-order valence-electron chi connectivity index (χ3n) is 2.22. The number of nitrogens with two attached hydrogens (primary N) is 1. The van der Waals surface area contributed by atoms with Crippen LogP contribution in [0.25, 0.3) is 0 Å². The largest absolute Gasteiger partial charge is 0.385 e. The molecule has 1 aromatic rings. The van der Waals surface area contributed by atoms with E-state index in [1.165, 1.54) is 12.1 Å². The molecule has 3 N–H and O–H groups in total. The lowest BCUT2D eigenvalue weighted by Gasteiger charge is -2.10. The van der Waals surface area contributed by atoms with Crippen molar-refractivity contribution in [1.82, 2.24) is 4.90 Å². The quantitative estimate of drug-likeness (QED) is 0.464. The molecule has 0 bridgehead atoms. The molecule has 0 saturated carbocycles. The number of halogens is 1. The van der Waals surface area contributed by atoms with Crippen molar-refractivity contribution in [1.29, 1.82) is 0 Å². The number of hydrogen-bond donors (Lipinski definition) is 2. The van der Waals surface area contributed by atoms with Crippen molar-refractivity contribution in [3.05, 3.63) is 30.1 Å². The predicted octanol–water partition coefficient (Wildman–Crippen LogP) is 1.50. The van der Waals surface area contributed by atoms with Gasteiger partial charge in [0.2, 0.25) is 0 Å². The molecule has 0 fully saturated rings. The van der Waals surface area contributed by atoms with Gasteiger partial charge in [0.05, 0.1) is 0 Å². The van der Waals surface area contributed by atoms with Crippen molar-refractivity contribution in [2.24, 2.45) is 10.7 Å². The Morgan fingerprint density at radius 1 is 1.47 bits per heavy atom. The van der Waals surface area contributed by atoms with Crippen LogP contribution in [0.2, 0.25) is 0 Å². The molecule has 0 spiro atoms. The summed E-state index contributed by atoms with van der Waals surface area (Å²) in [5.74, 6) is 0.292. The van der Waals surface area contributed by atoms with Crippen LogP contribution in [0.4, 0.5) is 10.1 Å². The second-order valence-corrected chi connectivity index (χ2v) is 3.93. The van der Waals surface area contributed by atoms with E-state index in [1.807, 2.05) is 20.2 Å². The number of nitrogens with zero attached hydrogens (tertiary/aromatic N) is 2. The highest BCUT2D eigenvalue weighted by molar-refractivity contribution is 5.77. The van der Waals surface area contributed by atoms with E-state index < -0.39 is 0 Å². The van der Waals surface area contributed by atoms with E-state index >= 15 is 0 Å². The van der Waals surface area contributed by atoms with Gasteiger partial charge in [-0.3, -0.25) is 4.99 Å². The molecule has 0 atom stereocenters. The van der Waals surface area contributed by atoms with Crippen LogP contribution < -0.4 is 11.1 Å². The first kappa shape index (κ1) is 13.3. The minimum atomic E-state index is -0.232. The van der Waals surface area contributed by atoms with Crippen molar-refractivity contribution in [3.8, 4) is 0 Å². The monoisotopic (exact) mass is 238 g/mol. The molecule has 0 heterocycles. The molecule has 0 aliphatic carbocycles. The van der Waals surface area contributed by atoms with Gasteiger partial charge in [0, 0.05) is 32.9 Å². The Hall–Kier alpha value is -1.78. The topological polar surface area (TPSA) is 53.6 Å². The fourth-order valence-electron chi connectivity index (χ4n) is 1.25. The van der Waals surface area contributed by atoms with Crippen molar-refractivity contribution < 1.29 is 4.39 Å². The van der Waals surface area contributed by atoms with Gasteiger partial charge in [0.25, 0.3) is 0 Å². The predicted molar refractivity (Wildman–Crippen MR) is 69.7 cm³/mol. The Labute approximate surface area is 101 Å². The standard InChI is InChI=1S/C12H19FN4/c1-17(2)12(14)16-8-4-7-15-11-6-3-5-10(13)9-11/h3,5-6,9,15H,4,7-8H2,1-2H3,(H2,14,16). The second-order valence-electron chi connectivity index (χ2n) is 3.93. The highest BCUT2D eigenvalue weighted by Crippen LogP contribution is 2.08. The minimum Gasteiger partial charge on any atom is -0.385 e. The molecule has 0 unspecified atom stereocenters. The summed E-state index contributed by atoms with van der Waals surface area (Å²) in [6, 6.07) is 6.41. The van der Waals surface area contributed by atoms with Crippen LogP contribution in [0.3, 0.4) is 0 Å². The number of guanidine groups is 1. The highest BCUT2D eigenvalue weighted by atomic mass is 19.1. The lowest BCUT2D eigenvalue weighted by molar-refractivity contribution is 0.608. The SMILES string of the molecule is CN(C)C(N)=NCCCNc1cccc(F)c1. The maximum atomic E-state index is 12.9. The number of rotatable bonds is 5. The molecule has 4 nitrogen and oxygen atoms in total. The molecule has 0 aliphatic heterocycles. The van der Waals surface area contributed by atoms with E-state index in [1.54, 1.807) is 11.0 Å². The Balaban J connectivity index is 2.23. The fourth-order valence-corrected chi connectivity index (χ4v) is 1.25. The third kappa shape index (κ3) is 5.19. The molecule has 0 aliphatic rings. The van der Waals surface area contributed by atoms with Gasteiger partial charge < -0.3 is 16.0 Å². The van der Waals surface area contributed by atoms with Crippen LogP contribution in [0.5, 0.6) is 0 Å². The Kier molecular flexibility index (Phi) is 5.26. The number of nitrogens with one attached hydrogen (secondary N) is 1. The van der Waals surface area contributed by atoms with Crippen LogP contribution in [0.1, 0.15) is 6.42 Å². The molecule has 1 rings (SSSR count). The minimum absolute atomic E-state index is 0.232. The van der Waals surface area contributed by atoms with Crippen molar-refractivity contribution in [2.45, 2.75) is 6.42 Å². The zero-order valence-electron chi connectivity index (χ0n) is 10.3. The lowest BCUT2D eigenvalue weighted by Crippen LogP contribution is -2.30. The maximum absolute atomic E-state index is 12.9. The summed E-state index contributed by atoms with van der Waals surface area (Å²) in [5, 5.41) is 3.12. The normalized spacial score (nSPS) is 11.4. The van der Waals surface area contributed by atoms with Gasteiger partial charge in [-0.15, -0.1) is 0 Å². The third-order valence-corrected chi connectivity index (χ3v) is 2.22. The molecule has 17 heavy (non-hydrogen) atoms. The van der Waals surface area contributed by atoms with Crippen molar-refractivity contribution in [2.75, 3.05) is 32.5 Å². The Morgan fingerprint density at radius 3 is 2.88 bits per heavy atom. The molecule has 5 heteroatoms. The summed E-state index contributed by atoms with van der Waals surface area (Å²) in [6.07, 6.45) is 0.852. The number of hydrogen-bond acceptors (Lipinski definition) is 2. The van der Waals surface area contributed by atoms with Crippen LogP contribution in [0.15, 0.2) is 29.3 Å². The van der Waals surface area contributed by atoms with Gasteiger partial charge in [-0.1, -0.05) is 6.07 Å². The zero-order chi connectivity index (χ0) is 12.7. The van der Waals surface area contributed by atoms with E-state index in [2.05, 4.69) is 10.3 Å². The molecular weight excluding hydrogens is 219 g/mol. The smallest absolute Gasteiger partial charge is 0.190 e. The summed E-state index contributed by atoms with van der Waals surface area (Å²) in [5.41, 5.74) is 6.42. The molecule has 0 saturated heterocycles. The molecule has 0 aromatic heterocycles. The summed E-state index contributed by atoms with van der Waals surface area (Å²) >= 11 is 0. The molecule has 0 amide bonds. The number of benzene rings is 1. The summed E-state index contributed by atoms with van der Waals surface area (Å²) in [4.78, 5) is 5.94. The first-order valence-electron chi connectivity index (χ1n) is 5.56. The van der Waals surface area contributed by atoms with Gasteiger partial charge in [-0.05, 0) is 24.6 Å². The summed E-state index contributed by atoms with van der Waals surface area (Å²) in [7, 11) is 3.70. The first-order chi connectivity index (χ1) is 8.09. The van der Waals surface area contributed by atoms with E-state index in [0.717, 1.165) is 18.7 Å².